The highest BCUT2D eigenvalue weighted by Crippen LogP contribution is 2.37. The van der Waals surface area contributed by atoms with Crippen LogP contribution in [-0.2, 0) is 4.79 Å². The van der Waals surface area contributed by atoms with Crippen LogP contribution >= 0.6 is 24.0 Å². The summed E-state index contributed by atoms with van der Waals surface area (Å²) in [6.45, 7) is 4.04. The molecule has 1 N–H and O–H groups in total. The minimum atomic E-state index is -0.148. The zero-order valence-electron chi connectivity index (χ0n) is 14.1. The van der Waals surface area contributed by atoms with Crippen LogP contribution in [0.2, 0.25) is 0 Å². The molecule has 0 aromatic heterocycles. The molecule has 3 rings (SSSR count). The third-order valence-electron chi connectivity index (χ3n) is 4.04. The van der Waals surface area contributed by atoms with Crippen LogP contribution < -0.4 is 9.64 Å². The molecule has 0 radical (unpaired) electrons. The maximum absolute atomic E-state index is 12.8. The molecule has 1 aliphatic rings. The highest BCUT2D eigenvalue weighted by Gasteiger charge is 2.33. The summed E-state index contributed by atoms with van der Waals surface area (Å²) in [5.41, 5.74) is 3.81. The van der Waals surface area contributed by atoms with E-state index in [-0.39, 0.29) is 11.7 Å². The lowest BCUT2D eigenvalue weighted by atomic mass is 10.1. The topological polar surface area (TPSA) is 49.8 Å². The molecular formula is C19H17NO3S2. The fourth-order valence-electron chi connectivity index (χ4n) is 2.49. The Morgan fingerprint density at radius 1 is 1.16 bits per heavy atom. The summed E-state index contributed by atoms with van der Waals surface area (Å²) < 4.78 is 5.61. The number of phenols is 1. The first-order valence-corrected chi connectivity index (χ1v) is 8.85. The lowest BCUT2D eigenvalue weighted by Crippen LogP contribution is -2.27. The van der Waals surface area contributed by atoms with Gasteiger partial charge in [-0.15, -0.1) is 0 Å². The van der Waals surface area contributed by atoms with E-state index in [1.54, 1.807) is 23.1 Å². The summed E-state index contributed by atoms with van der Waals surface area (Å²) in [6, 6.07) is 10.8. The Labute approximate surface area is 156 Å². The summed E-state index contributed by atoms with van der Waals surface area (Å²) >= 11 is 6.67. The van der Waals surface area contributed by atoms with Crippen molar-refractivity contribution in [2.75, 3.05) is 12.0 Å². The summed E-state index contributed by atoms with van der Waals surface area (Å²) in [4.78, 5) is 14.9. The zero-order valence-corrected chi connectivity index (χ0v) is 15.7. The van der Waals surface area contributed by atoms with E-state index in [9.17, 15) is 9.90 Å². The van der Waals surface area contributed by atoms with Gasteiger partial charge in [-0.25, -0.2) is 0 Å². The minimum absolute atomic E-state index is 0.0577. The SMILES string of the molecule is COc1cc(/C=C2/SC(=S)N(c3ccc(C)c(C)c3)C2=O)ccc1O. The number of anilines is 1. The molecule has 128 valence electrons. The summed E-state index contributed by atoms with van der Waals surface area (Å²) in [5, 5.41) is 9.68. The predicted molar refractivity (Wildman–Crippen MR) is 106 cm³/mol. The van der Waals surface area contributed by atoms with Crippen molar-refractivity contribution in [1.29, 1.82) is 0 Å². The molecule has 25 heavy (non-hydrogen) atoms. The zero-order chi connectivity index (χ0) is 18.1. The van der Waals surface area contributed by atoms with Gasteiger partial charge in [0.05, 0.1) is 17.7 Å². The van der Waals surface area contributed by atoms with E-state index in [1.165, 1.54) is 30.5 Å². The van der Waals surface area contributed by atoms with E-state index < -0.39 is 0 Å². The van der Waals surface area contributed by atoms with Crippen LogP contribution in [0, 0.1) is 13.8 Å². The van der Waals surface area contributed by atoms with E-state index in [0.29, 0.717) is 15.0 Å². The lowest BCUT2D eigenvalue weighted by Gasteiger charge is -2.15. The van der Waals surface area contributed by atoms with Crippen molar-refractivity contribution in [3.8, 4) is 11.5 Å². The number of nitrogens with zero attached hydrogens (tertiary/aromatic N) is 1. The van der Waals surface area contributed by atoms with Gasteiger partial charge in [0, 0.05) is 0 Å². The average molecular weight is 371 g/mol. The molecule has 4 nitrogen and oxygen atoms in total. The van der Waals surface area contributed by atoms with Crippen LogP contribution in [0.5, 0.6) is 11.5 Å². The molecule has 0 atom stereocenters. The molecular weight excluding hydrogens is 354 g/mol. The monoisotopic (exact) mass is 371 g/mol. The average Bonchev–Trinajstić information content (AvgIpc) is 2.86. The Morgan fingerprint density at radius 2 is 1.92 bits per heavy atom. The largest absolute Gasteiger partial charge is 0.504 e. The van der Waals surface area contributed by atoms with E-state index in [0.717, 1.165) is 16.8 Å². The molecule has 1 heterocycles. The predicted octanol–water partition coefficient (Wildman–Crippen LogP) is 4.42. The second kappa shape index (κ2) is 6.90. The molecule has 0 spiro atoms. The maximum atomic E-state index is 12.8. The molecule has 6 heteroatoms. The Hall–Kier alpha value is -2.31. The van der Waals surface area contributed by atoms with Crippen molar-refractivity contribution in [2.24, 2.45) is 0 Å². The Balaban J connectivity index is 1.94. The standard InChI is InChI=1S/C19H17NO3S2/c1-11-4-6-14(8-12(11)2)20-18(22)17(25-19(20)24)10-13-5-7-15(21)16(9-13)23-3/h4-10,21H,1-3H3/b17-10+. The van der Waals surface area contributed by atoms with Crippen LogP contribution in [0.3, 0.4) is 0 Å². The van der Waals surface area contributed by atoms with E-state index in [4.69, 9.17) is 17.0 Å². The molecule has 0 aliphatic carbocycles. The fourth-order valence-corrected chi connectivity index (χ4v) is 3.79. The van der Waals surface area contributed by atoms with Crippen molar-refractivity contribution in [1.82, 2.24) is 0 Å². The Morgan fingerprint density at radius 3 is 2.60 bits per heavy atom. The number of carbonyl (C=O) groups excluding carboxylic acids is 1. The van der Waals surface area contributed by atoms with Gasteiger partial charge >= 0.3 is 0 Å². The number of phenolic OH excluding ortho intramolecular Hbond substituents is 1. The summed E-state index contributed by atoms with van der Waals surface area (Å²) in [7, 11) is 1.48. The number of carbonyl (C=O) groups is 1. The van der Waals surface area contributed by atoms with Crippen LogP contribution in [0.15, 0.2) is 41.3 Å². The highest BCUT2D eigenvalue weighted by molar-refractivity contribution is 8.27. The first-order valence-electron chi connectivity index (χ1n) is 7.63. The Kier molecular flexibility index (Phi) is 4.83. The molecule has 1 amide bonds. The molecule has 0 saturated carbocycles. The number of ether oxygens (including phenoxy) is 1. The normalized spacial score (nSPS) is 16.0. The van der Waals surface area contributed by atoms with Gasteiger partial charge in [0.1, 0.15) is 0 Å². The van der Waals surface area contributed by atoms with Gasteiger partial charge in [-0.05, 0) is 60.9 Å². The number of amides is 1. The van der Waals surface area contributed by atoms with Gasteiger partial charge < -0.3 is 9.84 Å². The van der Waals surface area contributed by atoms with Crippen LogP contribution in [-0.4, -0.2) is 22.4 Å². The van der Waals surface area contributed by atoms with Crippen molar-refractivity contribution < 1.29 is 14.6 Å². The summed E-state index contributed by atoms with van der Waals surface area (Å²) in [6.07, 6.45) is 1.75. The van der Waals surface area contributed by atoms with Crippen LogP contribution in [0.1, 0.15) is 16.7 Å². The van der Waals surface area contributed by atoms with E-state index in [1.807, 2.05) is 32.0 Å². The lowest BCUT2D eigenvalue weighted by molar-refractivity contribution is -0.113. The van der Waals surface area contributed by atoms with Crippen molar-refractivity contribution in [3.63, 3.8) is 0 Å². The van der Waals surface area contributed by atoms with E-state index in [2.05, 4.69) is 0 Å². The number of thioether (sulfide) groups is 1. The number of thiocarbonyl (C=S) groups is 1. The number of rotatable bonds is 3. The number of hydrogen-bond acceptors (Lipinski definition) is 5. The van der Waals surface area contributed by atoms with E-state index >= 15 is 0 Å². The quantitative estimate of drug-likeness (QED) is 0.639. The number of methoxy groups -OCH3 is 1. The summed E-state index contributed by atoms with van der Waals surface area (Å²) in [5.74, 6) is 0.269. The van der Waals surface area contributed by atoms with Gasteiger partial charge in [0.2, 0.25) is 0 Å². The number of benzene rings is 2. The molecule has 1 saturated heterocycles. The fraction of sp³-hybridized carbons (Fsp3) is 0.158. The molecule has 1 aliphatic heterocycles. The van der Waals surface area contributed by atoms with Gasteiger partial charge in [-0.3, -0.25) is 9.69 Å². The molecule has 0 bridgehead atoms. The second-order valence-electron chi connectivity index (χ2n) is 5.72. The molecule has 1 fully saturated rings. The minimum Gasteiger partial charge on any atom is -0.504 e. The van der Waals surface area contributed by atoms with Gasteiger partial charge in [0.25, 0.3) is 5.91 Å². The van der Waals surface area contributed by atoms with Gasteiger partial charge in [0.15, 0.2) is 15.8 Å². The van der Waals surface area contributed by atoms with Crippen molar-refractivity contribution in [2.45, 2.75) is 13.8 Å². The van der Waals surface area contributed by atoms with Gasteiger partial charge in [-0.1, -0.05) is 36.1 Å². The smallest absolute Gasteiger partial charge is 0.270 e. The van der Waals surface area contributed by atoms with Crippen molar-refractivity contribution in [3.05, 3.63) is 58.0 Å². The maximum Gasteiger partial charge on any atom is 0.270 e. The molecule has 2 aromatic carbocycles. The van der Waals surface area contributed by atoms with Crippen molar-refractivity contribution >= 4 is 46.0 Å². The number of aromatic hydroxyl groups is 1. The number of aryl methyl sites for hydroxylation is 2. The third-order valence-corrected chi connectivity index (χ3v) is 5.35. The molecule has 2 aromatic rings. The second-order valence-corrected chi connectivity index (χ2v) is 7.39. The Bertz CT molecular complexity index is 906. The third kappa shape index (κ3) is 3.41. The first-order chi connectivity index (χ1) is 11.9. The highest BCUT2D eigenvalue weighted by atomic mass is 32.2. The van der Waals surface area contributed by atoms with Gasteiger partial charge in [-0.2, -0.15) is 0 Å². The first kappa shape index (κ1) is 17.5. The van der Waals surface area contributed by atoms with Crippen LogP contribution in [0.4, 0.5) is 5.69 Å². The van der Waals surface area contributed by atoms with Crippen LogP contribution in [0.25, 0.3) is 6.08 Å². The number of hydrogen-bond donors (Lipinski definition) is 1. The molecule has 0 unspecified atom stereocenters.